The second-order valence-electron chi connectivity index (χ2n) is 5.42. The standard InChI is InChI=1S/C13H26N2O2/c1-4-15(3)12(16)9-14-10-13(17)7-5-11(2)6-8-13/h11,14,17H,4-10H2,1-3H3. The normalized spacial score (nSPS) is 29.1. The molecule has 1 aliphatic rings. The number of aliphatic hydroxyl groups is 1. The number of amides is 1. The summed E-state index contributed by atoms with van der Waals surface area (Å²) < 4.78 is 0. The fourth-order valence-electron chi connectivity index (χ4n) is 2.19. The summed E-state index contributed by atoms with van der Waals surface area (Å²) in [7, 11) is 1.79. The van der Waals surface area contributed by atoms with Crippen LogP contribution in [-0.4, -0.2) is 48.2 Å². The first kappa shape index (κ1) is 14.5. The number of hydrogen-bond donors (Lipinski definition) is 2. The van der Waals surface area contributed by atoms with E-state index in [0.29, 0.717) is 13.1 Å². The van der Waals surface area contributed by atoms with Crippen LogP contribution in [0.5, 0.6) is 0 Å². The van der Waals surface area contributed by atoms with Gasteiger partial charge in [-0.3, -0.25) is 4.79 Å². The Morgan fingerprint density at radius 1 is 1.47 bits per heavy atom. The third kappa shape index (κ3) is 4.64. The van der Waals surface area contributed by atoms with Gasteiger partial charge in [-0.25, -0.2) is 0 Å². The average Bonchev–Trinajstić information content (AvgIpc) is 2.32. The van der Waals surface area contributed by atoms with Crippen molar-refractivity contribution in [3.63, 3.8) is 0 Å². The summed E-state index contributed by atoms with van der Waals surface area (Å²) in [6.07, 6.45) is 3.86. The summed E-state index contributed by atoms with van der Waals surface area (Å²) in [5.74, 6) is 0.809. The van der Waals surface area contributed by atoms with Gasteiger partial charge in [-0.1, -0.05) is 6.92 Å². The van der Waals surface area contributed by atoms with Crippen molar-refractivity contribution in [1.82, 2.24) is 10.2 Å². The summed E-state index contributed by atoms with van der Waals surface area (Å²) in [6.45, 7) is 5.76. The van der Waals surface area contributed by atoms with Crippen molar-refractivity contribution in [2.24, 2.45) is 5.92 Å². The van der Waals surface area contributed by atoms with E-state index in [-0.39, 0.29) is 5.91 Å². The van der Waals surface area contributed by atoms with Gasteiger partial charge in [0, 0.05) is 20.1 Å². The van der Waals surface area contributed by atoms with Crippen LogP contribution < -0.4 is 5.32 Å². The van der Waals surface area contributed by atoms with Crippen molar-refractivity contribution in [2.45, 2.75) is 45.1 Å². The quantitative estimate of drug-likeness (QED) is 0.756. The average molecular weight is 242 g/mol. The molecule has 17 heavy (non-hydrogen) atoms. The maximum atomic E-state index is 11.6. The lowest BCUT2D eigenvalue weighted by atomic mass is 9.79. The molecule has 0 saturated heterocycles. The molecule has 0 spiro atoms. The van der Waals surface area contributed by atoms with Crippen LogP contribution in [-0.2, 0) is 4.79 Å². The Bertz CT molecular complexity index is 248. The van der Waals surface area contributed by atoms with Gasteiger partial charge in [-0.05, 0) is 38.5 Å². The molecule has 0 aliphatic heterocycles. The zero-order valence-corrected chi connectivity index (χ0v) is 11.3. The Morgan fingerprint density at radius 2 is 2.06 bits per heavy atom. The van der Waals surface area contributed by atoms with E-state index in [2.05, 4.69) is 12.2 Å². The molecular formula is C13H26N2O2. The number of nitrogens with one attached hydrogen (secondary N) is 1. The van der Waals surface area contributed by atoms with E-state index in [1.165, 1.54) is 0 Å². The Hall–Kier alpha value is -0.610. The Labute approximate surface area is 104 Å². The predicted octanol–water partition coefficient (Wildman–Crippen LogP) is 0.995. The minimum absolute atomic E-state index is 0.0836. The Balaban J connectivity index is 2.24. The summed E-state index contributed by atoms with van der Waals surface area (Å²) in [4.78, 5) is 13.2. The van der Waals surface area contributed by atoms with Gasteiger partial charge in [-0.15, -0.1) is 0 Å². The number of carbonyl (C=O) groups is 1. The number of hydrogen-bond acceptors (Lipinski definition) is 3. The summed E-state index contributed by atoms with van der Waals surface area (Å²) in [5.41, 5.74) is -0.600. The van der Waals surface area contributed by atoms with E-state index < -0.39 is 5.60 Å². The topological polar surface area (TPSA) is 52.6 Å². The van der Waals surface area contributed by atoms with Gasteiger partial charge in [0.05, 0.1) is 12.1 Å². The molecular weight excluding hydrogens is 216 g/mol. The Kier molecular flexibility index (Phi) is 5.40. The first-order valence-electron chi connectivity index (χ1n) is 6.64. The van der Waals surface area contributed by atoms with E-state index in [1.54, 1.807) is 11.9 Å². The van der Waals surface area contributed by atoms with Crippen LogP contribution in [0.2, 0.25) is 0 Å². The summed E-state index contributed by atoms with van der Waals surface area (Å²) in [6, 6.07) is 0. The number of carbonyl (C=O) groups excluding carboxylic acids is 1. The molecule has 4 heteroatoms. The van der Waals surface area contributed by atoms with Crippen LogP contribution in [0.15, 0.2) is 0 Å². The Morgan fingerprint density at radius 3 is 2.59 bits per heavy atom. The molecule has 0 atom stereocenters. The fourth-order valence-corrected chi connectivity index (χ4v) is 2.19. The molecule has 0 heterocycles. The zero-order valence-electron chi connectivity index (χ0n) is 11.3. The van der Waals surface area contributed by atoms with Crippen LogP contribution in [0.4, 0.5) is 0 Å². The molecule has 0 unspecified atom stereocenters. The molecule has 1 saturated carbocycles. The van der Waals surface area contributed by atoms with Gasteiger partial charge in [0.25, 0.3) is 0 Å². The highest BCUT2D eigenvalue weighted by Crippen LogP contribution is 2.31. The monoisotopic (exact) mass is 242 g/mol. The molecule has 0 bridgehead atoms. The number of rotatable bonds is 5. The fraction of sp³-hybridized carbons (Fsp3) is 0.923. The first-order chi connectivity index (χ1) is 7.97. The van der Waals surface area contributed by atoms with Crippen LogP contribution in [0.25, 0.3) is 0 Å². The largest absolute Gasteiger partial charge is 0.389 e. The third-order valence-electron chi connectivity index (χ3n) is 3.84. The van der Waals surface area contributed by atoms with Gasteiger partial charge in [-0.2, -0.15) is 0 Å². The minimum atomic E-state index is -0.600. The second kappa shape index (κ2) is 6.36. The number of nitrogens with zero attached hydrogens (tertiary/aromatic N) is 1. The zero-order chi connectivity index (χ0) is 12.9. The van der Waals surface area contributed by atoms with Gasteiger partial charge >= 0.3 is 0 Å². The van der Waals surface area contributed by atoms with Crippen LogP contribution in [0, 0.1) is 5.92 Å². The van der Waals surface area contributed by atoms with Crippen molar-refractivity contribution in [1.29, 1.82) is 0 Å². The lowest BCUT2D eigenvalue weighted by molar-refractivity contribution is -0.129. The molecule has 1 fully saturated rings. The third-order valence-corrected chi connectivity index (χ3v) is 3.84. The maximum absolute atomic E-state index is 11.6. The molecule has 100 valence electrons. The second-order valence-corrected chi connectivity index (χ2v) is 5.42. The van der Waals surface area contributed by atoms with E-state index >= 15 is 0 Å². The van der Waals surface area contributed by atoms with Crippen molar-refractivity contribution in [3.8, 4) is 0 Å². The van der Waals surface area contributed by atoms with Crippen molar-refractivity contribution in [2.75, 3.05) is 26.7 Å². The van der Waals surface area contributed by atoms with E-state index in [4.69, 9.17) is 0 Å². The predicted molar refractivity (Wildman–Crippen MR) is 68.8 cm³/mol. The van der Waals surface area contributed by atoms with Crippen molar-refractivity contribution < 1.29 is 9.90 Å². The SMILES string of the molecule is CCN(C)C(=O)CNCC1(O)CCC(C)CC1. The molecule has 0 aromatic heterocycles. The first-order valence-corrected chi connectivity index (χ1v) is 6.64. The lowest BCUT2D eigenvalue weighted by Crippen LogP contribution is -2.46. The number of likely N-dealkylation sites (N-methyl/N-ethyl adjacent to an activating group) is 1. The molecule has 2 N–H and O–H groups in total. The highest BCUT2D eigenvalue weighted by Gasteiger charge is 2.31. The highest BCUT2D eigenvalue weighted by molar-refractivity contribution is 5.77. The van der Waals surface area contributed by atoms with Gasteiger partial charge in [0.1, 0.15) is 0 Å². The molecule has 0 aromatic rings. The van der Waals surface area contributed by atoms with Crippen molar-refractivity contribution >= 4 is 5.91 Å². The molecule has 4 nitrogen and oxygen atoms in total. The van der Waals surface area contributed by atoms with E-state index in [0.717, 1.165) is 38.1 Å². The summed E-state index contributed by atoms with van der Waals surface area (Å²) >= 11 is 0. The van der Waals surface area contributed by atoms with Crippen molar-refractivity contribution in [3.05, 3.63) is 0 Å². The van der Waals surface area contributed by atoms with Gasteiger partial charge in [0.15, 0.2) is 0 Å². The minimum Gasteiger partial charge on any atom is -0.389 e. The highest BCUT2D eigenvalue weighted by atomic mass is 16.3. The summed E-state index contributed by atoms with van der Waals surface area (Å²) in [5, 5.41) is 13.4. The van der Waals surface area contributed by atoms with E-state index in [1.807, 2.05) is 6.92 Å². The smallest absolute Gasteiger partial charge is 0.236 e. The molecule has 0 radical (unpaired) electrons. The van der Waals surface area contributed by atoms with E-state index in [9.17, 15) is 9.90 Å². The van der Waals surface area contributed by atoms with Gasteiger partial charge < -0.3 is 15.3 Å². The van der Waals surface area contributed by atoms with Crippen LogP contribution in [0.3, 0.4) is 0 Å². The molecule has 1 aliphatic carbocycles. The molecule has 0 aromatic carbocycles. The van der Waals surface area contributed by atoms with Crippen LogP contribution >= 0.6 is 0 Å². The lowest BCUT2D eigenvalue weighted by Gasteiger charge is -2.35. The molecule has 1 amide bonds. The molecule has 1 rings (SSSR count). The van der Waals surface area contributed by atoms with Gasteiger partial charge in [0.2, 0.25) is 5.91 Å². The maximum Gasteiger partial charge on any atom is 0.236 e. The van der Waals surface area contributed by atoms with Crippen LogP contribution in [0.1, 0.15) is 39.5 Å².